The molecule has 6 heteroatoms. The first kappa shape index (κ1) is 19.5. The largest absolute Gasteiger partial charge is 0.383 e. The second kappa shape index (κ2) is 8.36. The van der Waals surface area contributed by atoms with E-state index >= 15 is 0 Å². The lowest BCUT2D eigenvalue weighted by Crippen LogP contribution is -2.17. The zero-order valence-corrected chi connectivity index (χ0v) is 17.6. The monoisotopic (exact) mass is 428 g/mol. The Morgan fingerprint density at radius 2 is 1.94 bits per heavy atom. The van der Waals surface area contributed by atoms with Crippen LogP contribution in [0.25, 0.3) is 22.2 Å². The quantitative estimate of drug-likeness (QED) is 0.361. The molecule has 0 bridgehead atoms. The van der Waals surface area contributed by atoms with Crippen molar-refractivity contribution in [3.8, 4) is 16.9 Å². The second-order valence-electron chi connectivity index (χ2n) is 7.65. The molecule has 5 nitrogen and oxygen atoms in total. The van der Waals surface area contributed by atoms with E-state index in [2.05, 4.69) is 63.4 Å². The number of aliphatic imine (C=N–C) groups is 1. The van der Waals surface area contributed by atoms with Crippen molar-refractivity contribution in [2.24, 2.45) is 4.99 Å². The Morgan fingerprint density at radius 1 is 1.06 bits per heavy atom. The van der Waals surface area contributed by atoms with Gasteiger partial charge < -0.3 is 9.61 Å². The molecule has 0 radical (unpaired) electrons. The van der Waals surface area contributed by atoms with Crippen LogP contribution >= 0.6 is 11.9 Å². The fraction of sp³-hybridized carbons (Fsp3) is 0.160. The zero-order valence-electron chi connectivity index (χ0n) is 16.9. The van der Waals surface area contributed by atoms with E-state index in [-0.39, 0.29) is 6.04 Å². The van der Waals surface area contributed by atoms with Gasteiger partial charge in [0.05, 0.1) is 17.1 Å². The molecule has 0 unspecified atom stereocenters. The van der Waals surface area contributed by atoms with Gasteiger partial charge in [0.15, 0.2) is 5.75 Å². The molecule has 0 amide bonds. The molecule has 0 aliphatic heterocycles. The Morgan fingerprint density at radius 3 is 2.81 bits per heavy atom. The van der Waals surface area contributed by atoms with Crippen molar-refractivity contribution in [2.45, 2.75) is 25.3 Å². The SMILES string of the molecule is C=Nc1ccc(-c2cc(N[C@@H]3CCCc4ccccc43)cc3nccnc23)cc1OCl. The number of hydrogen-bond donors (Lipinski definition) is 1. The van der Waals surface area contributed by atoms with Crippen LogP contribution in [-0.2, 0) is 6.42 Å². The van der Waals surface area contributed by atoms with Crippen LogP contribution in [0.3, 0.4) is 0 Å². The van der Waals surface area contributed by atoms with Crippen LogP contribution < -0.4 is 9.61 Å². The van der Waals surface area contributed by atoms with Gasteiger partial charge >= 0.3 is 0 Å². The molecule has 0 spiro atoms. The summed E-state index contributed by atoms with van der Waals surface area (Å²) < 4.78 is 4.99. The van der Waals surface area contributed by atoms with E-state index in [0.717, 1.165) is 40.7 Å². The van der Waals surface area contributed by atoms with Gasteiger partial charge in [0.25, 0.3) is 0 Å². The van der Waals surface area contributed by atoms with Crippen molar-refractivity contribution in [1.29, 1.82) is 0 Å². The third-order valence-corrected chi connectivity index (χ3v) is 5.97. The van der Waals surface area contributed by atoms with Crippen LogP contribution in [0.15, 0.2) is 72.0 Å². The molecule has 0 saturated heterocycles. The number of halogens is 1. The summed E-state index contributed by atoms with van der Waals surface area (Å²) in [5.41, 5.74) is 7.88. The van der Waals surface area contributed by atoms with E-state index in [1.807, 2.05) is 18.2 Å². The minimum Gasteiger partial charge on any atom is -0.383 e. The zero-order chi connectivity index (χ0) is 21.2. The van der Waals surface area contributed by atoms with E-state index in [4.69, 9.17) is 16.2 Å². The van der Waals surface area contributed by atoms with E-state index in [0.29, 0.717) is 11.4 Å². The fourth-order valence-electron chi connectivity index (χ4n) is 4.36. The highest BCUT2D eigenvalue weighted by atomic mass is 35.5. The van der Waals surface area contributed by atoms with Crippen LogP contribution in [0.1, 0.15) is 30.0 Å². The standard InChI is InChI=1S/C25H21ClN4O/c1-27-22-10-9-17(13-24(22)31-26)20-14-18(15-23-25(20)29-12-11-28-23)30-21-8-4-6-16-5-2-3-7-19(16)21/h2-3,5,7,9-15,21,30H,1,4,6,8H2/t21-/m1/s1. The number of benzene rings is 3. The summed E-state index contributed by atoms with van der Waals surface area (Å²) in [5, 5.41) is 3.74. The van der Waals surface area contributed by atoms with Gasteiger partial charge in [-0.15, -0.1) is 0 Å². The molecule has 3 aromatic carbocycles. The summed E-state index contributed by atoms with van der Waals surface area (Å²) >= 11 is 5.67. The van der Waals surface area contributed by atoms with Gasteiger partial charge in [0.1, 0.15) is 17.6 Å². The minimum absolute atomic E-state index is 0.265. The van der Waals surface area contributed by atoms with Gasteiger partial charge in [-0.25, -0.2) is 0 Å². The Bertz CT molecular complexity index is 1270. The lowest BCUT2D eigenvalue weighted by Gasteiger charge is -2.27. The predicted octanol–water partition coefficient (Wildman–Crippen LogP) is 6.65. The summed E-state index contributed by atoms with van der Waals surface area (Å²) in [5.74, 6) is 0.450. The molecule has 4 aromatic rings. The Hall–Kier alpha value is -3.44. The van der Waals surface area contributed by atoms with Gasteiger partial charge in [0, 0.05) is 23.6 Å². The molecule has 1 N–H and O–H groups in total. The normalized spacial score (nSPS) is 15.3. The Kier molecular flexibility index (Phi) is 5.26. The summed E-state index contributed by atoms with van der Waals surface area (Å²) in [6.07, 6.45) is 6.81. The molecule has 0 fully saturated rings. The number of nitrogens with zero attached hydrogens (tertiary/aromatic N) is 3. The van der Waals surface area contributed by atoms with Gasteiger partial charge in [0.2, 0.25) is 0 Å². The van der Waals surface area contributed by atoms with Crippen LogP contribution in [0.4, 0.5) is 11.4 Å². The average molecular weight is 429 g/mol. The number of aryl methyl sites for hydroxylation is 1. The fourth-order valence-corrected chi connectivity index (χ4v) is 4.48. The maximum Gasteiger partial charge on any atom is 0.172 e. The number of aromatic nitrogens is 2. The van der Waals surface area contributed by atoms with E-state index in [1.54, 1.807) is 12.4 Å². The highest BCUT2D eigenvalue weighted by Crippen LogP contribution is 2.38. The summed E-state index contributed by atoms with van der Waals surface area (Å²) in [7, 11) is 0. The van der Waals surface area contributed by atoms with E-state index in [9.17, 15) is 0 Å². The smallest absolute Gasteiger partial charge is 0.172 e. The topological polar surface area (TPSA) is 59.4 Å². The van der Waals surface area contributed by atoms with Crippen LogP contribution in [0.2, 0.25) is 0 Å². The Labute approximate surface area is 186 Å². The summed E-state index contributed by atoms with van der Waals surface area (Å²) in [6.45, 7) is 3.57. The minimum atomic E-state index is 0.265. The summed E-state index contributed by atoms with van der Waals surface area (Å²) in [4.78, 5) is 13.1. The maximum atomic E-state index is 5.67. The van der Waals surface area contributed by atoms with Gasteiger partial charge in [-0.2, -0.15) is 0 Å². The molecule has 0 saturated carbocycles. The van der Waals surface area contributed by atoms with Crippen LogP contribution in [-0.4, -0.2) is 16.7 Å². The lowest BCUT2D eigenvalue weighted by atomic mass is 9.87. The predicted molar refractivity (Wildman–Crippen MR) is 126 cm³/mol. The molecule has 1 aliphatic rings. The Balaban J connectivity index is 1.60. The van der Waals surface area contributed by atoms with Crippen molar-refractivity contribution < 1.29 is 4.29 Å². The number of fused-ring (bicyclic) bond motifs is 2. The molecular formula is C25H21ClN4O. The number of rotatable bonds is 5. The first-order valence-corrected chi connectivity index (χ1v) is 10.6. The molecule has 1 aliphatic carbocycles. The van der Waals surface area contributed by atoms with Crippen molar-refractivity contribution >= 4 is 41.0 Å². The molecule has 1 atom stereocenters. The molecule has 5 rings (SSSR count). The van der Waals surface area contributed by atoms with E-state index < -0.39 is 0 Å². The molecule has 154 valence electrons. The highest BCUT2D eigenvalue weighted by Gasteiger charge is 2.20. The van der Waals surface area contributed by atoms with Crippen molar-refractivity contribution in [1.82, 2.24) is 9.97 Å². The molecule has 1 heterocycles. The van der Waals surface area contributed by atoms with Crippen molar-refractivity contribution in [3.63, 3.8) is 0 Å². The molecule has 1 aromatic heterocycles. The number of nitrogens with one attached hydrogen (secondary N) is 1. The maximum absolute atomic E-state index is 5.67. The van der Waals surface area contributed by atoms with Crippen LogP contribution in [0.5, 0.6) is 5.75 Å². The first-order valence-electron chi connectivity index (χ1n) is 10.3. The average Bonchev–Trinajstić information content (AvgIpc) is 2.83. The third-order valence-electron chi connectivity index (χ3n) is 5.81. The number of anilines is 1. The third kappa shape index (κ3) is 3.73. The van der Waals surface area contributed by atoms with Crippen molar-refractivity contribution in [2.75, 3.05) is 5.32 Å². The van der Waals surface area contributed by atoms with Crippen LogP contribution in [0, 0.1) is 0 Å². The highest BCUT2D eigenvalue weighted by molar-refractivity contribution is 6.09. The first-order chi connectivity index (χ1) is 15.3. The number of hydrogen-bond acceptors (Lipinski definition) is 5. The van der Waals surface area contributed by atoms with E-state index in [1.165, 1.54) is 17.5 Å². The van der Waals surface area contributed by atoms with Gasteiger partial charge in [-0.05, 0) is 66.9 Å². The molecule has 31 heavy (non-hydrogen) atoms. The summed E-state index contributed by atoms with van der Waals surface area (Å²) in [6, 6.07) is 18.8. The lowest BCUT2D eigenvalue weighted by molar-refractivity contribution is 0.600. The van der Waals surface area contributed by atoms with Gasteiger partial charge in [-0.1, -0.05) is 30.3 Å². The van der Waals surface area contributed by atoms with Gasteiger partial charge in [-0.3, -0.25) is 15.0 Å². The van der Waals surface area contributed by atoms with Crippen molar-refractivity contribution in [3.05, 3.63) is 78.1 Å². The second-order valence-corrected chi connectivity index (χ2v) is 7.81. The molecular weight excluding hydrogens is 408 g/mol.